The number of fused-ring (bicyclic) bond motifs is 2. The van der Waals surface area contributed by atoms with Crippen molar-refractivity contribution in [3.63, 3.8) is 0 Å². The molecule has 0 unspecified atom stereocenters. The highest BCUT2D eigenvalue weighted by molar-refractivity contribution is 6.35. The van der Waals surface area contributed by atoms with Crippen LogP contribution in [-0.2, 0) is 0 Å². The third-order valence-electron chi connectivity index (χ3n) is 5.56. The molecule has 0 saturated carbocycles. The van der Waals surface area contributed by atoms with Crippen LogP contribution in [0.5, 0.6) is 0 Å². The van der Waals surface area contributed by atoms with Crippen molar-refractivity contribution >= 4 is 39.4 Å². The first-order valence-corrected chi connectivity index (χ1v) is 10.7. The average Bonchev–Trinajstić information content (AvgIpc) is 3.30. The molecule has 5 rings (SSSR count). The minimum absolute atomic E-state index is 0.181. The first-order valence-electron chi connectivity index (χ1n) is 10.3. The second kappa shape index (κ2) is 8.45. The van der Waals surface area contributed by atoms with E-state index in [0.717, 1.165) is 22.8 Å². The predicted molar refractivity (Wildman–Crippen MR) is 123 cm³/mol. The zero-order valence-electron chi connectivity index (χ0n) is 17.6. The first kappa shape index (κ1) is 21.9. The number of benzene rings is 2. The lowest BCUT2D eigenvalue weighted by Crippen LogP contribution is -2.28. The number of nitrogens with zero attached hydrogens (tertiary/aromatic N) is 4. The van der Waals surface area contributed by atoms with Crippen molar-refractivity contribution in [2.75, 3.05) is 5.32 Å². The maximum absolute atomic E-state index is 14.9. The minimum atomic E-state index is -0.957. The van der Waals surface area contributed by atoms with E-state index in [1.54, 1.807) is 6.07 Å². The highest BCUT2D eigenvalue weighted by atomic mass is 35.5. The Morgan fingerprint density at radius 1 is 1.09 bits per heavy atom. The van der Waals surface area contributed by atoms with Gasteiger partial charge in [0, 0.05) is 5.69 Å². The van der Waals surface area contributed by atoms with E-state index < -0.39 is 39.8 Å². The Bertz CT molecular complexity index is 1600. The lowest BCUT2D eigenvalue weighted by atomic mass is 10.0. The van der Waals surface area contributed by atoms with Crippen molar-refractivity contribution < 1.29 is 13.2 Å². The molecule has 0 aliphatic carbocycles. The third kappa shape index (κ3) is 3.47. The molecular weight excluding hydrogens is 469 g/mol. The number of halogens is 4. The summed E-state index contributed by atoms with van der Waals surface area (Å²) in [4.78, 5) is 29.0. The van der Waals surface area contributed by atoms with Crippen LogP contribution in [0.1, 0.15) is 25.1 Å². The fraction of sp³-hybridized carbons (Fsp3) is 0.130. The predicted octanol–water partition coefficient (Wildman–Crippen LogP) is 5.29. The van der Waals surface area contributed by atoms with Crippen molar-refractivity contribution in [1.82, 2.24) is 24.5 Å². The highest BCUT2D eigenvalue weighted by Gasteiger charge is 2.25. The summed E-state index contributed by atoms with van der Waals surface area (Å²) in [7, 11) is 0. The van der Waals surface area contributed by atoms with Gasteiger partial charge in [-0.25, -0.2) is 28.1 Å². The van der Waals surface area contributed by atoms with Gasteiger partial charge < -0.3 is 10.3 Å². The molecule has 0 amide bonds. The van der Waals surface area contributed by atoms with Gasteiger partial charge in [-0.1, -0.05) is 30.7 Å². The number of anilines is 1. The molecule has 0 aliphatic rings. The van der Waals surface area contributed by atoms with Crippen LogP contribution in [-0.4, -0.2) is 24.5 Å². The van der Waals surface area contributed by atoms with E-state index in [1.807, 2.05) is 6.92 Å². The summed E-state index contributed by atoms with van der Waals surface area (Å²) in [6.45, 7) is 1.83. The van der Waals surface area contributed by atoms with E-state index >= 15 is 0 Å². The maximum Gasteiger partial charge on any atom is 0.265 e. The highest BCUT2D eigenvalue weighted by Crippen LogP contribution is 2.31. The lowest BCUT2D eigenvalue weighted by molar-refractivity contribution is 0.558. The van der Waals surface area contributed by atoms with Gasteiger partial charge in [-0.2, -0.15) is 0 Å². The molecule has 7 nitrogen and oxygen atoms in total. The summed E-state index contributed by atoms with van der Waals surface area (Å²) in [6, 6.07) is 6.71. The number of H-pyrrole nitrogens is 1. The van der Waals surface area contributed by atoms with Crippen molar-refractivity contribution in [2.45, 2.75) is 19.4 Å². The largest absolute Gasteiger partial charge is 0.360 e. The van der Waals surface area contributed by atoms with E-state index in [0.29, 0.717) is 28.8 Å². The summed E-state index contributed by atoms with van der Waals surface area (Å²) >= 11 is 6.10. The Morgan fingerprint density at radius 3 is 2.59 bits per heavy atom. The standard InChI is InChI=1S/C23H16ClF3N6O/c1-2-15(32-22-19-21(29-9-28-19)30-10-31-22)16-8-11-6-7-12(25)18(24)17(11)23(34)33(16)20-13(26)4-3-5-14(20)27/h3-10,15H,2H2,1H3,(H2,28,29,30,31,32)/t15-/m0/s1. The number of pyridine rings is 1. The third-order valence-corrected chi connectivity index (χ3v) is 5.93. The second-order valence-electron chi connectivity index (χ2n) is 7.53. The summed E-state index contributed by atoms with van der Waals surface area (Å²) in [5.41, 5.74) is -0.260. The monoisotopic (exact) mass is 484 g/mol. The van der Waals surface area contributed by atoms with Gasteiger partial charge in [-0.05, 0) is 36.1 Å². The first-order chi connectivity index (χ1) is 16.4. The number of imidazole rings is 1. The molecule has 0 saturated heterocycles. The number of hydrogen-bond acceptors (Lipinski definition) is 5. The molecule has 2 aromatic carbocycles. The number of aromatic nitrogens is 5. The van der Waals surface area contributed by atoms with Crippen molar-refractivity contribution in [2.24, 2.45) is 0 Å². The molecule has 0 aliphatic heterocycles. The Labute approximate surface area is 195 Å². The van der Waals surface area contributed by atoms with Crippen LogP contribution in [0, 0.1) is 17.5 Å². The van der Waals surface area contributed by atoms with Gasteiger partial charge in [0.05, 0.1) is 22.8 Å². The Hall–Kier alpha value is -3.92. The Kier molecular flexibility index (Phi) is 5.45. The topological polar surface area (TPSA) is 88.5 Å². The number of aromatic amines is 1. The van der Waals surface area contributed by atoms with Gasteiger partial charge in [0.25, 0.3) is 5.56 Å². The molecular formula is C23H16ClF3N6O. The van der Waals surface area contributed by atoms with Crippen molar-refractivity contribution in [3.8, 4) is 5.69 Å². The zero-order valence-corrected chi connectivity index (χ0v) is 18.4. The second-order valence-corrected chi connectivity index (χ2v) is 7.91. The number of nitrogens with one attached hydrogen (secondary N) is 2. The molecule has 2 N–H and O–H groups in total. The zero-order chi connectivity index (χ0) is 24.0. The molecule has 11 heteroatoms. The lowest BCUT2D eigenvalue weighted by Gasteiger charge is -2.24. The molecule has 172 valence electrons. The molecule has 34 heavy (non-hydrogen) atoms. The van der Waals surface area contributed by atoms with Crippen LogP contribution in [0.15, 0.2) is 53.8 Å². The van der Waals surface area contributed by atoms with Gasteiger partial charge >= 0.3 is 0 Å². The van der Waals surface area contributed by atoms with Gasteiger partial charge in [-0.3, -0.25) is 9.36 Å². The number of rotatable bonds is 5. The molecule has 0 fully saturated rings. The number of hydrogen-bond donors (Lipinski definition) is 2. The van der Waals surface area contributed by atoms with Crippen molar-refractivity contribution in [1.29, 1.82) is 0 Å². The summed E-state index contributed by atoms with van der Waals surface area (Å²) in [6.07, 6.45) is 3.19. The quantitative estimate of drug-likeness (QED) is 0.354. The van der Waals surface area contributed by atoms with E-state index in [1.165, 1.54) is 24.8 Å². The summed E-state index contributed by atoms with van der Waals surface area (Å²) in [5.74, 6) is -2.36. The Balaban J connectivity index is 1.81. The van der Waals surface area contributed by atoms with E-state index in [9.17, 15) is 18.0 Å². The molecule has 3 aromatic heterocycles. The normalized spacial score (nSPS) is 12.4. The van der Waals surface area contributed by atoms with Gasteiger partial charge in [0.15, 0.2) is 11.5 Å². The SMILES string of the molecule is CC[C@H](Nc1ncnc2[nH]cnc12)c1cc2ccc(F)c(Cl)c2c(=O)n1-c1c(F)cccc1F. The van der Waals surface area contributed by atoms with E-state index in [4.69, 9.17) is 11.6 Å². The molecule has 0 spiro atoms. The molecule has 3 heterocycles. The van der Waals surface area contributed by atoms with Crippen LogP contribution in [0.2, 0.25) is 5.02 Å². The van der Waals surface area contributed by atoms with Crippen LogP contribution in [0.25, 0.3) is 27.6 Å². The van der Waals surface area contributed by atoms with Crippen LogP contribution < -0.4 is 10.9 Å². The van der Waals surface area contributed by atoms with Crippen molar-refractivity contribution in [3.05, 3.63) is 87.6 Å². The van der Waals surface area contributed by atoms with Crippen LogP contribution >= 0.6 is 11.6 Å². The molecule has 5 aromatic rings. The number of para-hydroxylation sites is 1. The fourth-order valence-corrected chi connectivity index (χ4v) is 4.22. The van der Waals surface area contributed by atoms with Gasteiger partial charge in [0.1, 0.15) is 35.0 Å². The summed E-state index contributed by atoms with van der Waals surface area (Å²) in [5, 5.41) is 2.92. The van der Waals surface area contributed by atoms with E-state index in [2.05, 4.69) is 25.3 Å². The summed E-state index contributed by atoms with van der Waals surface area (Å²) < 4.78 is 44.8. The molecule has 0 bridgehead atoms. The average molecular weight is 485 g/mol. The van der Waals surface area contributed by atoms with Crippen LogP contribution in [0.4, 0.5) is 19.0 Å². The van der Waals surface area contributed by atoms with Gasteiger partial charge in [0.2, 0.25) is 0 Å². The van der Waals surface area contributed by atoms with E-state index in [-0.39, 0.29) is 11.1 Å². The molecule has 0 radical (unpaired) electrons. The maximum atomic E-state index is 14.9. The fourth-order valence-electron chi connectivity index (χ4n) is 3.97. The smallest absolute Gasteiger partial charge is 0.265 e. The minimum Gasteiger partial charge on any atom is -0.360 e. The van der Waals surface area contributed by atoms with Gasteiger partial charge in [-0.15, -0.1) is 0 Å². The van der Waals surface area contributed by atoms with Crippen LogP contribution in [0.3, 0.4) is 0 Å². The molecule has 1 atom stereocenters. The Morgan fingerprint density at radius 2 is 1.85 bits per heavy atom.